The van der Waals surface area contributed by atoms with Crippen molar-refractivity contribution >= 4 is 17.5 Å². The number of benzene rings is 3. The second-order valence-electron chi connectivity index (χ2n) is 9.14. The van der Waals surface area contributed by atoms with Crippen molar-refractivity contribution in [2.45, 2.75) is 45.7 Å². The number of hydrogen-bond donors (Lipinski definition) is 2. The summed E-state index contributed by atoms with van der Waals surface area (Å²) >= 11 is 0. The predicted octanol–water partition coefficient (Wildman–Crippen LogP) is 5.40. The summed E-state index contributed by atoms with van der Waals surface area (Å²) in [6.07, 6.45) is 3.37. The number of carbonyl (C=O) groups excluding carboxylic acids is 2. The second kappa shape index (κ2) is 11.1. The van der Waals surface area contributed by atoms with E-state index >= 15 is 0 Å². The minimum atomic E-state index is -0.503. The highest BCUT2D eigenvalue weighted by Crippen LogP contribution is 2.20. The van der Waals surface area contributed by atoms with Gasteiger partial charge in [-0.3, -0.25) is 14.9 Å². The van der Waals surface area contributed by atoms with Gasteiger partial charge in [-0.2, -0.15) is 0 Å². The van der Waals surface area contributed by atoms with Crippen LogP contribution in [0.3, 0.4) is 0 Å². The first-order chi connectivity index (χ1) is 16.5. The van der Waals surface area contributed by atoms with E-state index < -0.39 is 6.04 Å². The minimum absolute atomic E-state index is 0.104. The number of aryl methyl sites for hydroxylation is 2. The molecule has 1 heterocycles. The summed E-state index contributed by atoms with van der Waals surface area (Å²) in [6, 6.07) is 23.0. The van der Waals surface area contributed by atoms with Gasteiger partial charge in [-0.05, 0) is 79.6 Å². The van der Waals surface area contributed by atoms with Gasteiger partial charge in [-0.25, -0.2) is 0 Å². The molecule has 5 heteroatoms. The number of carbonyl (C=O) groups is 2. The summed E-state index contributed by atoms with van der Waals surface area (Å²) in [5.74, 6) is 0.00212. The van der Waals surface area contributed by atoms with Gasteiger partial charge in [-0.1, -0.05) is 48.5 Å². The standard InChI is InChI=1S/C29H33N3O2/c1-21-17-22(2)19-26(18-21)31-28(33)27(24-9-5-3-6-10-24)30-20-23-11-13-25(14-12-23)29(34)32-15-7-4-8-16-32/h3,5-6,9-14,17-19,27,30H,4,7-8,15-16,20H2,1-2H3,(H,31,33)/t27-/m1/s1. The summed E-state index contributed by atoms with van der Waals surface area (Å²) in [6.45, 7) is 6.25. The fourth-order valence-electron chi connectivity index (χ4n) is 4.53. The predicted molar refractivity (Wildman–Crippen MR) is 137 cm³/mol. The molecule has 0 aliphatic carbocycles. The van der Waals surface area contributed by atoms with Crippen LogP contribution in [-0.2, 0) is 11.3 Å². The summed E-state index contributed by atoms with van der Waals surface area (Å²) < 4.78 is 0. The van der Waals surface area contributed by atoms with E-state index in [2.05, 4.69) is 16.7 Å². The average Bonchev–Trinajstić information content (AvgIpc) is 2.85. The van der Waals surface area contributed by atoms with Crippen molar-refractivity contribution < 1.29 is 9.59 Å². The summed E-state index contributed by atoms with van der Waals surface area (Å²) in [5, 5.41) is 6.47. The Morgan fingerprint density at radius 2 is 1.50 bits per heavy atom. The molecule has 4 rings (SSSR count). The minimum Gasteiger partial charge on any atom is -0.339 e. The topological polar surface area (TPSA) is 61.4 Å². The Morgan fingerprint density at radius 1 is 0.853 bits per heavy atom. The van der Waals surface area contributed by atoms with E-state index in [9.17, 15) is 9.59 Å². The number of nitrogens with zero attached hydrogens (tertiary/aromatic N) is 1. The van der Waals surface area contributed by atoms with Crippen LogP contribution in [0.2, 0.25) is 0 Å². The summed E-state index contributed by atoms with van der Waals surface area (Å²) in [7, 11) is 0. The van der Waals surface area contributed by atoms with Gasteiger partial charge in [0.25, 0.3) is 5.91 Å². The molecule has 0 bridgehead atoms. The molecule has 2 amide bonds. The number of hydrogen-bond acceptors (Lipinski definition) is 3. The molecule has 176 valence electrons. The molecule has 0 unspecified atom stereocenters. The molecule has 1 fully saturated rings. The Balaban J connectivity index is 1.44. The molecule has 3 aromatic rings. The maximum Gasteiger partial charge on any atom is 0.253 e. The molecule has 0 aromatic heterocycles. The van der Waals surface area contributed by atoms with Gasteiger partial charge in [0.2, 0.25) is 5.91 Å². The Bertz CT molecular complexity index is 1100. The molecule has 0 saturated carbocycles. The third-order valence-corrected chi connectivity index (χ3v) is 6.24. The van der Waals surface area contributed by atoms with Crippen molar-refractivity contribution in [3.8, 4) is 0 Å². The lowest BCUT2D eigenvalue weighted by atomic mass is 10.0. The first kappa shape index (κ1) is 23.7. The zero-order valence-corrected chi connectivity index (χ0v) is 20.0. The van der Waals surface area contributed by atoms with Crippen LogP contribution in [0.15, 0.2) is 72.8 Å². The smallest absolute Gasteiger partial charge is 0.253 e. The highest BCUT2D eigenvalue weighted by Gasteiger charge is 2.21. The van der Waals surface area contributed by atoms with Crippen LogP contribution in [0.4, 0.5) is 5.69 Å². The van der Waals surface area contributed by atoms with Crippen LogP contribution in [0, 0.1) is 13.8 Å². The third kappa shape index (κ3) is 6.12. The van der Waals surface area contributed by atoms with Crippen molar-refractivity contribution in [3.05, 3.63) is 101 Å². The Hall–Kier alpha value is -3.44. The van der Waals surface area contributed by atoms with E-state index in [1.807, 2.05) is 85.5 Å². The maximum atomic E-state index is 13.3. The first-order valence-corrected chi connectivity index (χ1v) is 12.1. The largest absolute Gasteiger partial charge is 0.339 e. The number of likely N-dealkylation sites (tertiary alicyclic amines) is 1. The summed E-state index contributed by atoms with van der Waals surface area (Å²) in [5.41, 5.74) is 5.66. The Labute approximate surface area is 202 Å². The van der Waals surface area contributed by atoms with Crippen molar-refractivity contribution in [2.75, 3.05) is 18.4 Å². The number of anilines is 1. The van der Waals surface area contributed by atoms with Crippen molar-refractivity contribution in [3.63, 3.8) is 0 Å². The SMILES string of the molecule is Cc1cc(C)cc(NC(=O)[C@H](NCc2ccc(C(=O)N3CCCCC3)cc2)c2ccccc2)c1. The number of rotatable bonds is 7. The van der Waals surface area contributed by atoms with Crippen LogP contribution in [0.1, 0.15) is 57.9 Å². The van der Waals surface area contributed by atoms with Crippen molar-refractivity contribution in [1.29, 1.82) is 0 Å². The molecule has 5 nitrogen and oxygen atoms in total. The van der Waals surface area contributed by atoms with Crippen LogP contribution >= 0.6 is 0 Å². The maximum absolute atomic E-state index is 13.3. The van der Waals surface area contributed by atoms with E-state index in [0.29, 0.717) is 6.54 Å². The molecular weight excluding hydrogens is 422 g/mol. The molecule has 34 heavy (non-hydrogen) atoms. The molecule has 1 aliphatic rings. The second-order valence-corrected chi connectivity index (χ2v) is 9.14. The van der Waals surface area contributed by atoms with Gasteiger partial charge in [0, 0.05) is 30.9 Å². The molecular formula is C29H33N3O2. The van der Waals surface area contributed by atoms with E-state index in [0.717, 1.165) is 59.4 Å². The monoisotopic (exact) mass is 455 g/mol. The van der Waals surface area contributed by atoms with Crippen molar-refractivity contribution in [1.82, 2.24) is 10.2 Å². The van der Waals surface area contributed by atoms with Gasteiger partial charge in [0.15, 0.2) is 0 Å². The fraction of sp³-hybridized carbons (Fsp3) is 0.310. The fourth-order valence-corrected chi connectivity index (χ4v) is 4.53. The Morgan fingerprint density at radius 3 is 2.15 bits per heavy atom. The number of piperidine rings is 1. The van der Waals surface area contributed by atoms with E-state index in [1.54, 1.807) is 0 Å². The highest BCUT2D eigenvalue weighted by molar-refractivity contribution is 5.96. The van der Waals surface area contributed by atoms with Crippen LogP contribution < -0.4 is 10.6 Å². The molecule has 1 aliphatic heterocycles. The van der Waals surface area contributed by atoms with Crippen molar-refractivity contribution in [2.24, 2.45) is 0 Å². The van der Waals surface area contributed by atoms with Crippen LogP contribution in [0.25, 0.3) is 0 Å². The molecule has 0 spiro atoms. The van der Waals surface area contributed by atoms with Gasteiger partial charge in [0.05, 0.1) is 0 Å². The summed E-state index contributed by atoms with van der Waals surface area (Å²) in [4.78, 5) is 27.9. The van der Waals surface area contributed by atoms with E-state index in [4.69, 9.17) is 0 Å². The zero-order chi connectivity index (χ0) is 23.9. The van der Waals surface area contributed by atoms with Gasteiger partial charge >= 0.3 is 0 Å². The Kier molecular flexibility index (Phi) is 7.76. The molecule has 1 saturated heterocycles. The lowest BCUT2D eigenvalue weighted by molar-refractivity contribution is -0.118. The number of amides is 2. The lowest BCUT2D eigenvalue weighted by Crippen LogP contribution is -2.35. The normalized spacial score (nSPS) is 14.5. The molecule has 3 aromatic carbocycles. The van der Waals surface area contributed by atoms with Gasteiger partial charge in [0.1, 0.15) is 6.04 Å². The van der Waals surface area contributed by atoms with Gasteiger partial charge in [-0.15, -0.1) is 0 Å². The number of nitrogens with one attached hydrogen (secondary N) is 2. The lowest BCUT2D eigenvalue weighted by Gasteiger charge is -2.26. The van der Waals surface area contributed by atoms with Crippen LogP contribution in [0.5, 0.6) is 0 Å². The average molecular weight is 456 g/mol. The quantitative estimate of drug-likeness (QED) is 0.502. The molecule has 2 N–H and O–H groups in total. The van der Waals surface area contributed by atoms with Gasteiger partial charge < -0.3 is 10.2 Å². The van der Waals surface area contributed by atoms with Crippen LogP contribution in [-0.4, -0.2) is 29.8 Å². The third-order valence-electron chi connectivity index (χ3n) is 6.24. The molecule has 1 atom stereocenters. The highest BCUT2D eigenvalue weighted by atomic mass is 16.2. The molecule has 0 radical (unpaired) electrons. The van der Waals surface area contributed by atoms with E-state index in [1.165, 1.54) is 6.42 Å². The first-order valence-electron chi connectivity index (χ1n) is 12.1. The zero-order valence-electron chi connectivity index (χ0n) is 20.0. The van der Waals surface area contributed by atoms with E-state index in [-0.39, 0.29) is 11.8 Å².